The van der Waals surface area contributed by atoms with Gasteiger partial charge in [-0.2, -0.15) is 8.78 Å². The van der Waals surface area contributed by atoms with E-state index in [-0.39, 0.29) is 34.4 Å². The molecule has 0 atom stereocenters. The maximum atomic E-state index is 12.4. The number of hydrogen-bond acceptors (Lipinski definition) is 6. The number of benzene rings is 2. The second-order valence-corrected chi connectivity index (χ2v) is 7.73. The van der Waals surface area contributed by atoms with Gasteiger partial charge in [-0.3, -0.25) is 4.79 Å². The predicted octanol–water partition coefficient (Wildman–Crippen LogP) is 5.50. The van der Waals surface area contributed by atoms with Crippen LogP contribution < -0.4 is 10.1 Å². The number of halogens is 2. The van der Waals surface area contributed by atoms with Crippen LogP contribution in [0, 0.1) is 6.92 Å². The number of alkyl halides is 2. The Morgan fingerprint density at radius 2 is 1.90 bits per heavy atom. The van der Waals surface area contributed by atoms with Crippen molar-refractivity contribution in [3.8, 4) is 17.2 Å². The number of amides is 1. The average molecular weight is 433 g/mol. The van der Waals surface area contributed by atoms with E-state index in [0.29, 0.717) is 5.56 Å². The summed E-state index contributed by atoms with van der Waals surface area (Å²) < 4.78 is 34.3. The summed E-state index contributed by atoms with van der Waals surface area (Å²) in [6.45, 7) is 3.22. The minimum absolute atomic E-state index is 0.0384. The van der Waals surface area contributed by atoms with Crippen molar-refractivity contribution >= 4 is 23.4 Å². The van der Waals surface area contributed by atoms with Crippen molar-refractivity contribution < 1.29 is 22.7 Å². The Kier molecular flexibility index (Phi) is 7.04. The Labute approximate surface area is 177 Å². The van der Waals surface area contributed by atoms with Gasteiger partial charge in [0.05, 0.1) is 5.75 Å². The van der Waals surface area contributed by atoms with Gasteiger partial charge >= 0.3 is 6.61 Å². The lowest BCUT2D eigenvalue weighted by atomic mass is 9.98. The Morgan fingerprint density at radius 3 is 2.57 bits per heavy atom. The Hall–Kier alpha value is -2.94. The van der Waals surface area contributed by atoms with Gasteiger partial charge in [0.1, 0.15) is 5.75 Å². The summed E-state index contributed by atoms with van der Waals surface area (Å²) in [7, 11) is 0. The van der Waals surface area contributed by atoms with E-state index in [4.69, 9.17) is 4.42 Å². The van der Waals surface area contributed by atoms with Gasteiger partial charge in [-0.15, -0.1) is 10.2 Å². The molecule has 1 amide bonds. The maximum Gasteiger partial charge on any atom is 0.387 e. The van der Waals surface area contributed by atoms with Gasteiger partial charge < -0.3 is 14.5 Å². The molecular weight excluding hydrogens is 412 g/mol. The first-order valence-corrected chi connectivity index (χ1v) is 10.2. The molecule has 0 saturated heterocycles. The molecule has 30 heavy (non-hydrogen) atoms. The lowest BCUT2D eigenvalue weighted by Gasteiger charge is -2.16. The first kappa shape index (κ1) is 21.8. The molecule has 3 rings (SSSR count). The van der Waals surface area contributed by atoms with Crippen LogP contribution in [0.25, 0.3) is 11.5 Å². The summed E-state index contributed by atoms with van der Waals surface area (Å²) in [5.41, 5.74) is 3.46. The smallest absolute Gasteiger partial charge is 0.387 e. The second kappa shape index (κ2) is 9.71. The van der Waals surface area contributed by atoms with Gasteiger partial charge in [0.25, 0.3) is 5.22 Å². The molecule has 0 radical (unpaired) electrons. The number of aromatic nitrogens is 2. The van der Waals surface area contributed by atoms with E-state index in [1.807, 2.05) is 25.1 Å². The molecule has 0 spiro atoms. The normalized spacial score (nSPS) is 11.2. The van der Waals surface area contributed by atoms with Crippen molar-refractivity contribution in [3.63, 3.8) is 0 Å². The zero-order chi connectivity index (χ0) is 21.7. The number of aryl methyl sites for hydroxylation is 1. The van der Waals surface area contributed by atoms with Gasteiger partial charge in [-0.05, 0) is 48.2 Å². The minimum atomic E-state index is -2.88. The van der Waals surface area contributed by atoms with Gasteiger partial charge in [0.2, 0.25) is 11.8 Å². The zero-order valence-corrected chi connectivity index (χ0v) is 17.5. The number of para-hydroxylation sites is 1. The number of carbonyl (C=O) groups excluding carboxylic acids is 1. The average Bonchev–Trinajstić information content (AvgIpc) is 3.17. The summed E-state index contributed by atoms with van der Waals surface area (Å²) in [5.74, 6) is 0.474. The van der Waals surface area contributed by atoms with Crippen molar-refractivity contribution in [1.29, 1.82) is 0 Å². The van der Waals surface area contributed by atoms with E-state index in [1.54, 1.807) is 0 Å². The lowest BCUT2D eigenvalue weighted by molar-refractivity contribution is -0.113. The van der Waals surface area contributed by atoms with Crippen LogP contribution in [0.15, 0.2) is 52.1 Å². The topological polar surface area (TPSA) is 77.2 Å². The Balaban J connectivity index is 1.60. The first-order valence-electron chi connectivity index (χ1n) is 9.24. The molecule has 0 unspecified atom stereocenters. The van der Waals surface area contributed by atoms with Crippen LogP contribution in [-0.4, -0.2) is 28.5 Å². The fraction of sp³-hybridized carbons (Fsp3) is 0.286. The van der Waals surface area contributed by atoms with Gasteiger partial charge in [0, 0.05) is 11.3 Å². The molecule has 3 aromatic rings. The molecule has 0 aliphatic carbocycles. The van der Waals surface area contributed by atoms with E-state index in [1.165, 1.54) is 24.3 Å². The molecule has 2 aromatic carbocycles. The van der Waals surface area contributed by atoms with Crippen molar-refractivity contribution in [2.45, 2.75) is 38.5 Å². The Morgan fingerprint density at radius 1 is 1.17 bits per heavy atom. The van der Waals surface area contributed by atoms with Gasteiger partial charge in [-0.1, -0.05) is 43.8 Å². The van der Waals surface area contributed by atoms with Crippen LogP contribution >= 0.6 is 11.8 Å². The first-order chi connectivity index (χ1) is 14.3. The van der Waals surface area contributed by atoms with E-state index < -0.39 is 6.61 Å². The summed E-state index contributed by atoms with van der Waals surface area (Å²) in [6, 6.07) is 11.8. The summed E-state index contributed by atoms with van der Waals surface area (Å²) >= 11 is 1.12. The van der Waals surface area contributed by atoms with Crippen molar-refractivity contribution in [2.75, 3.05) is 11.1 Å². The number of carbonyl (C=O) groups is 1. The third kappa shape index (κ3) is 5.56. The number of hydrogen-bond donors (Lipinski definition) is 1. The number of rotatable bonds is 8. The molecule has 0 fully saturated rings. The monoisotopic (exact) mass is 433 g/mol. The molecule has 0 aliphatic heterocycles. The number of nitrogens with one attached hydrogen (secondary N) is 1. The second-order valence-electron chi connectivity index (χ2n) is 6.81. The predicted molar refractivity (Wildman–Crippen MR) is 111 cm³/mol. The van der Waals surface area contributed by atoms with Crippen LogP contribution in [0.1, 0.15) is 30.9 Å². The van der Waals surface area contributed by atoms with Crippen molar-refractivity contribution in [3.05, 3.63) is 53.6 Å². The van der Waals surface area contributed by atoms with Crippen molar-refractivity contribution in [2.24, 2.45) is 0 Å². The molecule has 1 aromatic heterocycles. The SMILES string of the molecule is Cc1cccc(C(C)C)c1NC(=O)CSc1nnc(-c2ccc(OC(F)F)cc2)o1. The molecule has 0 bridgehead atoms. The molecule has 1 heterocycles. The molecule has 0 saturated carbocycles. The van der Waals surface area contributed by atoms with Crippen molar-refractivity contribution in [1.82, 2.24) is 10.2 Å². The molecular formula is C21H21F2N3O3S. The van der Waals surface area contributed by atoms with Crippen LogP contribution in [0.4, 0.5) is 14.5 Å². The fourth-order valence-electron chi connectivity index (χ4n) is 2.81. The summed E-state index contributed by atoms with van der Waals surface area (Å²) in [6.07, 6.45) is 0. The fourth-order valence-corrected chi connectivity index (χ4v) is 3.37. The van der Waals surface area contributed by atoms with Gasteiger partial charge in [0.15, 0.2) is 0 Å². The highest BCUT2D eigenvalue weighted by atomic mass is 32.2. The highest BCUT2D eigenvalue weighted by Crippen LogP contribution is 2.29. The van der Waals surface area contributed by atoms with E-state index in [2.05, 4.69) is 34.1 Å². The lowest BCUT2D eigenvalue weighted by Crippen LogP contribution is -2.16. The number of ether oxygens (including phenoxy) is 1. The molecule has 0 aliphatic rings. The third-order valence-electron chi connectivity index (χ3n) is 4.25. The number of anilines is 1. The Bertz CT molecular complexity index is 1010. The number of thioether (sulfide) groups is 1. The van der Waals surface area contributed by atoms with Gasteiger partial charge in [-0.25, -0.2) is 0 Å². The number of nitrogens with zero attached hydrogens (tertiary/aromatic N) is 2. The largest absolute Gasteiger partial charge is 0.435 e. The standard InChI is InChI=1S/C21H21F2N3O3S/c1-12(2)16-6-4-5-13(3)18(16)24-17(27)11-30-21-26-25-19(29-21)14-7-9-15(10-8-14)28-20(22)23/h4-10,12,20H,11H2,1-3H3,(H,24,27). The summed E-state index contributed by atoms with van der Waals surface area (Å²) in [5, 5.41) is 11.1. The quantitative estimate of drug-likeness (QED) is 0.473. The van der Waals surface area contributed by atoms with Crippen LogP contribution in [0.2, 0.25) is 0 Å². The molecule has 9 heteroatoms. The van der Waals surface area contributed by atoms with Crippen LogP contribution in [0.3, 0.4) is 0 Å². The third-order valence-corrected chi connectivity index (χ3v) is 5.07. The summed E-state index contributed by atoms with van der Waals surface area (Å²) in [4.78, 5) is 12.4. The maximum absolute atomic E-state index is 12.4. The van der Waals surface area contributed by atoms with E-state index in [9.17, 15) is 13.6 Å². The molecule has 6 nitrogen and oxygen atoms in total. The minimum Gasteiger partial charge on any atom is -0.435 e. The zero-order valence-electron chi connectivity index (χ0n) is 16.7. The molecule has 158 valence electrons. The van der Waals surface area contributed by atoms with Crippen LogP contribution in [0.5, 0.6) is 5.75 Å². The highest BCUT2D eigenvalue weighted by molar-refractivity contribution is 7.99. The molecule has 1 N–H and O–H groups in total. The highest BCUT2D eigenvalue weighted by Gasteiger charge is 2.15. The van der Waals surface area contributed by atoms with E-state index in [0.717, 1.165) is 28.6 Å². The van der Waals surface area contributed by atoms with E-state index >= 15 is 0 Å². The van der Waals surface area contributed by atoms with Crippen LogP contribution in [-0.2, 0) is 4.79 Å².